The molecule has 1 aromatic heterocycles. The van der Waals surface area contributed by atoms with Crippen LogP contribution in [0, 0.1) is 0 Å². The third-order valence-electron chi connectivity index (χ3n) is 2.77. The van der Waals surface area contributed by atoms with Crippen LogP contribution in [-0.2, 0) is 16.6 Å². The van der Waals surface area contributed by atoms with Gasteiger partial charge in [-0.05, 0) is 58.0 Å². The second kappa shape index (κ2) is 7.40. The fraction of sp³-hybridized carbons (Fsp3) is 0.286. The zero-order valence-corrected chi connectivity index (χ0v) is 14.8. The van der Waals surface area contributed by atoms with E-state index in [0.717, 1.165) is 23.0 Å². The first-order valence-corrected chi connectivity index (χ1v) is 9.74. The van der Waals surface area contributed by atoms with Gasteiger partial charge < -0.3 is 5.32 Å². The van der Waals surface area contributed by atoms with Crippen molar-refractivity contribution in [3.8, 4) is 0 Å². The number of anilines is 1. The van der Waals surface area contributed by atoms with Crippen LogP contribution in [0.5, 0.6) is 0 Å². The molecule has 114 valence electrons. The molecule has 0 unspecified atom stereocenters. The number of benzene rings is 1. The largest absolute Gasteiger partial charge is 0.313 e. The summed E-state index contributed by atoms with van der Waals surface area (Å²) < 4.78 is 28.4. The molecule has 1 heterocycles. The Labute approximate surface area is 137 Å². The van der Waals surface area contributed by atoms with Crippen LogP contribution in [0.2, 0.25) is 0 Å². The van der Waals surface area contributed by atoms with Crippen molar-refractivity contribution in [2.75, 3.05) is 11.3 Å². The first-order chi connectivity index (χ1) is 10.0. The molecule has 0 fully saturated rings. The first kappa shape index (κ1) is 16.5. The van der Waals surface area contributed by atoms with Crippen LogP contribution in [-0.4, -0.2) is 15.0 Å². The summed E-state index contributed by atoms with van der Waals surface area (Å²) in [6.07, 6.45) is 1.05. The molecule has 2 rings (SSSR count). The summed E-state index contributed by atoms with van der Waals surface area (Å²) in [4.78, 5) is 0. The van der Waals surface area contributed by atoms with Gasteiger partial charge in [-0.15, -0.1) is 11.3 Å². The van der Waals surface area contributed by atoms with Gasteiger partial charge in [-0.1, -0.05) is 19.1 Å². The number of sulfonamides is 1. The molecule has 7 heteroatoms. The second-order valence-corrected chi connectivity index (χ2v) is 8.21. The summed E-state index contributed by atoms with van der Waals surface area (Å²) in [5, 5.41) is 5.13. The van der Waals surface area contributed by atoms with Crippen LogP contribution < -0.4 is 10.0 Å². The van der Waals surface area contributed by atoms with Gasteiger partial charge in [-0.25, -0.2) is 8.42 Å². The van der Waals surface area contributed by atoms with E-state index in [0.29, 0.717) is 16.4 Å². The Kier molecular flexibility index (Phi) is 5.80. The van der Waals surface area contributed by atoms with Gasteiger partial charge in [-0.2, -0.15) is 0 Å². The molecule has 0 aliphatic heterocycles. The van der Waals surface area contributed by atoms with Crippen LogP contribution in [0.15, 0.2) is 44.4 Å². The van der Waals surface area contributed by atoms with Crippen molar-refractivity contribution in [2.45, 2.75) is 24.1 Å². The van der Waals surface area contributed by atoms with Crippen molar-refractivity contribution in [3.63, 3.8) is 0 Å². The van der Waals surface area contributed by atoms with Crippen LogP contribution >= 0.6 is 27.3 Å². The number of rotatable bonds is 7. The lowest BCUT2D eigenvalue weighted by Gasteiger charge is -2.07. The molecule has 2 aromatic rings. The summed E-state index contributed by atoms with van der Waals surface area (Å²) in [5.41, 5.74) is 1.53. The Morgan fingerprint density at radius 1 is 1.29 bits per heavy atom. The summed E-state index contributed by atoms with van der Waals surface area (Å²) in [6.45, 7) is 3.71. The third-order valence-corrected chi connectivity index (χ3v) is 6.31. The van der Waals surface area contributed by atoms with E-state index < -0.39 is 10.0 Å². The Morgan fingerprint density at radius 3 is 2.76 bits per heavy atom. The molecule has 4 nitrogen and oxygen atoms in total. The topological polar surface area (TPSA) is 58.2 Å². The molecule has 0 aliphatic rings. The zero-order valence-electron chi connectivity index (χ0n) is 11.6. The minimum atomic E-state index is -3.53. The average molecular weight is 389 g/mol. The van der Waals surface area contributed by atoms with Crippen LogP contribution in [0.1, 0.15) is 18.9 Å². The number of hydrogen-bond acceptors (Lipinski definition) is 4. The standard InChI is InChI=1S/C14H17BrN2O2S2/c1-2-7-16-9-11-8-14(20-10-11)21(18,19)17-13-6-4-3-5-12(13)15/h3-6,8,10,16-17H,2,7,9H2,1H3. The van der Waals surface area contributed by atoms with Gasteiger partial charge in [0.25, 0.3) is 10.0 Å². The van der Waals surface area contributed by atoms with E-state index >= 15 is 0 Å². The lowest BCUT2D eigenvalue weighted by atomic mass is 10.3. The molecule has 0 saturated carbocycles. The predicted molar refractivity (Wildman–Crippen MR) is 91.3 cm³/mol. The molecular weight excluding hydrogens is 372 g/mol. The maximum absolute atomic E-state index is 12.4. The normalized spacial score (nSPS) is 11.5. The molecule has 0 aliphatic carbocycles. The molecule has 0 spiro atoms. The summed E-state index contributed by atoms with van der Waals surface area (Å²) in [7, 11) is -3.53. The van der Waals surface area contributed by atoms with Crippen LogP contribution in [0.4, 0.5) is 5.69 Å². The lowest BCUT2D eigenvalue weighted by molar-refractivity contribution is 0.603. The van der Waals surface area contributed by atoms with Gasteiger partial charge in [0, 0.05) is 11.0 Å². The average Bonchev–Trinajstić information content (AvgIpc) is 2.91. The Balaban J connectivity index is 2.11. The quantitative estimate of drug-likeness (QED) is 0.708. The summed E-state index contributed by atoms with van der Waals surface area (Å²) in [6, 6.07) is 8.86. The Morgan fingerprint density at radius 2 is 2.05 bits per heavy atom. The minimum Gasteiger partial charge on any atom is -0.313 e. The van der Waals surface area contributed by atoms with Crippen molar-refractivity contribution in [2.24, 2.45) is 0 Å². The first-order valence-electron chi connectivity index (χ1n) is 6.58. The maximum atomic E-state index is 12.4. The molecular formula is C14H17BrN2O2S2. The molecule has 0 amide bonds. The molecule has 0 atom stereocenters. The van der Waals surface area contributed by atoms with Gasteiger partial charge >= 0.3 is 0 Å². The number of thiophene rings is 1. The highest BCUT2D eigenvalue weighted by atomic mass is 79.9. The number of nitrogens with one attached hydrogen (secondary N) is 2. The minimum absolute atomic E-state index is 0.326. The molecule has 0 saturated heterocycles. The van der Waals surface area contributed by atoms with Gasteiger partial charge in [0.15, 0.2) is 0 Å². The van der Waals surface area contributed by atoms with E-state index in [1.54, 1.807) is 24.3 Å². The summed E-state index contributed by atoms with van der Waals surface area (Å²) >= 11 is 4.57. The van der Waals surface area contributed by atoms with Gasteiger partial charge in [0.1, 0.15) is 4.21 Å². The van der Waals surface area contributed by atoms with Crippen molar-refractivity contribution in [1.82, 2.24) is 5.32 Å². The maximum Gasteiger partial charge on any atom is 0.271 e. The van der Waals surface area contributed by atoms with Crippen molar-refractivity contribution < 1.29 is 8.42 Å². The highest BCUT2D eigenvalue weighted by Gasteiger charge is 2.17. The number of hydrogen-bond donors (Lipinski definition) is 2. The monoisotopic (exact) mass is 388 g/mol. The van der Waals surface area contributed by atoms with Crippen molar-refractivity contribution in [1.29, 1.82) is 0 Å². The van der Waals surface area contributed by atoms with Crippen LogP contribution in [0.25, 0.3) is 0 Å². The second-order valence-electron chi connectivity index (χ2n) is 4.54. The molecule has 0 bridgehead atoms. The van der Waals surface area contributed by atoms with E-state index in [-0.39, 0.29) is 0 Å². The van der Waals surface area contributed by atoms with E-state index in [9.17, 15) is 8.42 Å². The highest BCUT2D eigenvalue weighted by Crippen LogP contribution is 2.27. The van der Waals surface area contributed by atoms with Gasteiger partial charge in [-0.3, -0.25) is 4.72 Å². The molecule has 1 aromatic carbocycles. The number of halogens is 1. The lowest BCUT2D eigenvalue weighted by Crippen LogP contribution is -2.14. The third kappa shape index (κ3) is 4.54. The van der Waals surface area contributed by atoms with Crippen LogP contribution in [0.3, 0.4) is 0 Å². The fourth-order valence-corrected chi connectivity index (χ4v) is 4.54. The highest BCUT2D eigenvalue weighted by molar-refractivity contribution is 9.10. The molecule has 0 radical (unpaired) electrons. The van der Waals surface area contributed by atoms with Gasteiger partial charge in [0.2, 0.25) is 0 Å². The predicted octanol–water partition coefficient (Wildman–Crippen LogP) is 3.81. The van der Waals surface area contributed by atoms with E-state index in [1.807, 2.05) is 11.4 Å². The Bertz CT molecular complexity index is 699. The summed E-state index contributed by atoms with van der Waals surface area (Å²) in [5.74, 6) is 0. The van der Waals surface area contributed by atoms with Gasteiger partial charge in [0.05, 0.1) is 5.69 Å². The van der Waals surface area contributed by atoms with E-state index in [4.69, 9.17) is 0 Å². The van der Waals surface area contributed by atoms with E-state index in [2.05, 4.69) is 32.9 Å². The fourth-order valence-electron chi connectivity index (χ4n) is 1.74. The smallest absolute Gasteiger partial charge is 0.271 e. The zero-order chi connectivity index (χ0) is 15.3. The number of para-hydroxylation sites is 1. The molecule has 21 heavy (non-hydrogen) atoms. The van der Waals surface area contributed by atoms with Crippen molar-refractivity contribution in [3.05, 3.63) is 45.7 Å². The molecule has 2 N–H and O–H groups in total. The SMILES string of the molecule is CCCNCc1csc(S(=O)(=O)Nc2ccccc2Br)c1. The van der Waals surface area contributed by atoms with Crippen molar-refractivity contribution >= 4 is 43.0 Å². The Hall–Kier alpha value is -0.890. The van der Waals surface area contributed by atoms with E-state index in [1.165, 1.54) is 11.3 Å².